The summed E-state index contributed by atoms with van der Waals surface area (Å²) in [4.78, 5) is 25.0. The van der Waals surface area contributed by atoms with E-state index in [1.165, 1.54) is 6.07 Å². The van der Waals surface area contributed by atoms with Gasteiger partial charge in [-0.25, -0.2) is 9.59 Å². The smallest absolute Gasteiger partial charge is 0.336 e. The number of rotatable bonds is 3. The van der Waals surface area contributed by atoms with Crippen molar-refractivity contribution in [3.63, 3.8) is 0 Å². The predicted molar refractivity (Wildman–Crippen MR) is 80.7 cm³/mol. The summed E-state index contributed by atoms with van der Waals surface area (Å²) < 4.78 is 0. The van der Waals surface area contributed by atoms with Gasteiger partial charge in [-0.05, 0) is 36.8 Å². The molecule has 1 aliphatic rings. The zero-order valence-electron chi connectivity index (χ0n) is 11.5. The maximum atomic E-state index is 12.2. The van der Waals surface area contributed by atoms with Crippen LogP contribution in [-0.4, -0.2) is 46.6 Å². The number of anilines is 1. The number of hydrogen-bond donors (Lipinski definition) is 2. The quantitative estimate of drug-likeness (QED) is 0.899. The van der Waals surface area contributed by atoms with Crippen molar-refractivity contribution in [2.24, 2.45) is 0 Å². The summed E-state index contributed by atoms with van der Waals surface area (Å²) >= 11 is 1.84. The number of nitrogens with zero attached hydrogens (tertiary/aromatic N) is 1. The molecule has 108 valence electrons. The Morgan fingerprint density at radius 2 is 2.20 bits per heavy atom. The summed E-state index contributed by atoms with van der Waals surface area (Å²) in [5, 5.41) is 11.9. The highest BCUT2D eigenvalue weighted by molar-refractivity contribution is 7.99. The largest absolute Gasteiger partial charge is 0.478 e. The Morgan fingerprint density at radius 3 is 2.80 bits per heavy atom. The first-order valence-electron chi connectivity index (χ1n) is 6.45. The molecule has 1 saturated heterocycles. The van der Waals surface area contributed by atoms with Crippen molar-refractivity contribution in [1.29, 1.82) is 0 Å². The van der Waals surface area contributed by atoms with E-state index in [2.05, 4.69) is 5.32 Å². The van der Waals surface area contributed by atoms with Gasteiger partial charge in [0.15, 0.2) is 0 Å². The van der Waals surface area contributed by atoms with Crippen LogP contribution in [0.2, 0.25) is 0 Å². The SMILES string of the molecule is Cc1c(NC(=O)N(C)C2CCSC2)cccc1C(=O)O. The second kappa shape index (κ2) is 6.17. The molecule has 1 aliphatic heterocycles. The standard InChI is InChI=1S/C14H18N2O3S/c1-9-11(13(17)18)4-3-5-12(9)15-14(19)16(2)10-6-7-20-8-10/h3-5,10H,6-8H2,1-2H3,(H,15,19)(H,17,18). The number of aromatic carboxylic acids is 1. The van der Waals surface area contributed by atoms with Crippen LogP contribution in [-0.2, 0) is 0 Å². The topological polar surface area (TPSA) is 69.6 Å². The fraction of sp³-hybridized carbons (Fsp3) is 0.429. The average molecular weight is 294 g/mol. The van der Waals surface area contributed by atoms with E-state index in [-0.39, 0.29) is 17.6 Å². The molecule has 6 heteroatoms. The van der Waals surface area contributed by atoms with Gasteiger partial charge in [-0.15, -0.1) is 0 Å². The van der Waals surface area contributed by atoms with E-state index in [0.717, 1.165) is 17.9 Å². The molecular formula is C14H18N2O3S. The van der Waals surface area contributed by atoms with Gasteiger partial charge in [-0.2, -0.15) is 11.8 Å². The lowest BCUT2D eigenvalue weighted by Gasteiger charge is -2.24. The molecule has 0 saturated carbocycles. The summed E-state index contributed by atoms with van der Waals surface area (Å²) in [5.74, 6) is 1.05. The third-order valence-electron chi connectivity index (χ3n) is 3.58. The highest BCUT2D eigenvalue weighted by atomic mass is 32.2. The number of nitrogens with one attached hydrogen (secondary N) is 1. The lowest BCUT2D eigenvalue weighted by atomic mass is 10.1. The molecule has 1 atom stereocenters. The molecule has 1 heterocycles. The second-order valence-electron chi connectivity index (χ2n) is 4.84. The van der Waals surface area contributed by atoms with Crippen LogP contribution in [0, 0.1) is 6.92 Å². The first-order valence-corrected chi connectivity index (χ1v) is 7.60. The molecule has 0 aliphatic carbocycles. The lowest BCUT2D eigenvalue weighted by Crippen LogP contribution is -2.40. The number of carbonyl (C=O) groups is 2. The summed E-state index contributed by atoms with van der Waals surface area (Å²) in [6.45, 7) is 1.70. The Morgan fingerprint density at radius 1 is 1.45 bits per heavy atom. The third-order valence-corrected chi connectivity index (χ3v) is 4.72. The molecule has 5 nitrogen and oxygen atoms in total. The molecule has 1 aromatic rings. The maximum Gasteiger partial charge on any atom is 0.336 e. The van der Waals surface area contributed by atoms with Gasteiger partial charge in [0, 0.05) is 24.5 Å². The van der Waals surface area contributed by atoms with Crippen molar-refractivity contribution < 1.29 is 14.7 Å². The number of carboxylic acid groups (broad SMARTS) is 1. The van der Waals surface area contributed by atoms with Crippen molar-refractivity contribution in [1.82, 2.24) is 4.90 Å². The van der Waals surface area contributed by atoms with Crippen LogP contribution in [0.15, 0.2) is 18.2 Å². The van der Waals surface area contributed by atoms with Gasteiger partial charge in [0.2, 0.25) is 0 Å². The molecule has 1 fully saturated rings. The van der Waals surface area contributed by atoms with Crippen LogP contribution in [0.25, 0.3) is 0 Å². The average Bonchev–Trinajstić information content (AvgIpc) is 2.93. The summed E-state index contributed by atoms with van der Waals surface area (Å²) in [7, 11) is 1.78. The lowest BCUT2D eigenvalue weighted by molar-refractivity contribution is 0.0696. The molecule has 2 amide bonds. The van der Waals surface area contributed by atoms with Crippen LogP contribution in [0.1, 0.15) is 22.3 Å². The highest BCUT2D eigenvalue weighted by Crippen LogP contribution is 2.23. The van der Waals surface area contributed by atoms with Crippen molar-refractivity contribution in [3.05, 3.63) is 29.3 Å². The van der Waals surface area contributed by atoms with Gasteiger partial charge in [0.1, 0.15) is 0 Å². The van der Waals surface area contributed by atoms with Crippen LogP contribution in [0.5, 0.6) is 0 Å². The van der Waals surface area contributed by atoms with E-state index in [4.69, 9.17) is 5.11 Å². The molecule has 0 spiro atoms. The molecule has 0 bridgehead atoms. The van der Waals surface area contributed by atoms with Crippen LogP contribution < -0.4 is 5.32 Å². The zero-order chi connectivity index (χ0) is 14.7. The maximum absolute atomic E-state index is 12.2. The highest BCUT2D eigenvalue weighted by Gasteiger charge is 2.24. The van der Waals surface area contributed by atoms with E-state index in [0.29, 0.717) is 11.3 Å². The van der Waals surface area contributed by atoms with Crippen molar-refractivity contribution >= 4 is 29.4 Å². The first-order chi connectivity index (χ1) is 9.50. The van der Waals surface area contributed by atoms with Crippen LogP contribution >= 0.6 is 11.8 Å². The van der Waals surface area contributed by atoms with E-state index in [1.54, 1.807) is 31.0 Å². The van der Waals surface area contributed by atoms with E-state index < -0.39 is 5.97 Å². The zero-order valence-corrected chi connectivity index (χ0v) is 12.4. The van der Waals surface area contributed by atoms with E-state index >= 15 is 0 Å². The minimum absolute atomic E-state index is 0.192. The molecule has 20 heavy (non-hydrogen) atoms. The van der Waals surface area contributed by atoms with Gasteiger partial charge in [-0.3, -0.25) is 0 Å². The number of hydrogen-bond acceptors (Lipinski definition) is 3. The normalized spacial score (nSPS) is 17.8. The van der Waals surface area contributed by atoms with Crippen molar-refractivity contribution in [3.8, 4) is 0 Å². The number of thioether (sulfide) groups is 1. The molecule has 0 radical (unpaired) electrons. The minimum Gasteiger partial charge on any atom is -0.478 e. The van der Waals surface area contributed by atoms with Gasteiger partial charge in [-0.1, -0.05) is 6.07 Å². The van der Waals surface area contributed by atoms with Gasteiger partial charge in [0.05, 0.1) is 5.56 Å². The Bertz CT molecular complexity index is 527. The summed E-state index contributed by atoms with van der Waals surface area (Å²) in [5.41, 5.74) is 1.33. The van der Waals surface area contributed by atoms with Crippen molar-refractivity contribution in [2.45, 2.75) is 19.4 Å². The number of carbonyl (C=O) groups excluding carboxylic acids is 1. The van der Waals surface area contributed by atoms with Gasteiger partial charge < -0.3 is 15.3 Å². The van der Waals surface area contributed by atoms with Crippen LogP contribution in [0.3, 0.4) is 0 Å². The first kappa shape index (κ1) is 14.7. The van der Waals surface area contributed by atoms with E-state index in [1.807, 2.05) is 11.8 Å². The number of urea groups is 1. The Labute approximate surface area is 122 Å². The summed E-state index contributed by atoms with van der Waals surface area (Å²) in [6.07, 6.45) is 1.00. The minimum atomic E-state index is -0.987. The van der Waals surface area contributed by atoms with Gasteiger partial charge >= 0.3 is 12.0 Å². The van der Waals surface area contributed by atoms with Crippen molar-refractivity contribution in [2.75, 3.05) is 23.9 Å². The Hall–Kier alpha value is -1.69. The Balaban J connectivity index is 2.11. The molecule has 1 unspecified atom stereocenters. The summed E-state index contributed by atoms with van der Waals surface area (Å²) in [6, 6.07) is 4.95. The monoisotopic (exact) mass is 294 g/mol. The molecule has 2 N–H and O–H groups in total. The second-order valence-corrected chi connectivity index (χ2v) is 5.99. The van der Waals surface area contributed by atoms with Gasteiger partial charge in [0.25, 0.3) is 0 Å². The molecule has 0 aromatic heterocycles. The molecular weight excluding hydrogens is 276 g/mol. The fourth-order valence-corrected chi connectivity index (χ4v) is 3.47. The molecule has 2 rings (SSSR count). The molecule has 1 aromatic carbocycles. The Kier molecular flexibility index (Phi) is 4.54. The fourth-order valence-electron chi connectivity index (χ4n) is 2.20. The van der Waals surface area contributed by atoms with E-state index in [9.17, 15) is 9.59 Å². The number of carboxylic acids is 1. The number of benzene rings is 1. The predicted octanol–water partition coefficient (Wildman–Crippen LogP) is 2.66. The van der Waals surface area contributed by atoms with Crippen LogP contribution in [0.4, 0.5) is 10.5 Å². The third kappa shape index (κ3) is 3.07. The number of amides is 2.